The molecule has 1 aliphatic rings. The second-order valence-electron chi connectivity index (χ2n) is 5.12. The molecule has 0 radical (unpaired) electrons. The van der Waals surface area contributed by atoms with Crippen molar-refractivity contribution < 1.29 is 4.79 Å². The molecule has 0 unspecified atom stereocenters. The van der Waals surface area contributed by atoms with E-state index < -0.39 is 0 Å². The van der Waals surface area contributed by atoms with Gasteiger partial charge in [0.2, 0.25) is 0 Å². The molecule has 0 aromatic heterocycles. The van der Waals surface area contributed by atoms with E-state index in [4.69, 9.17) is 5.73 Å². The largest absolute Gasteiger partial charge is 0.330 e. The first-order valence-electron chi connectivity index (χ1n) is 5.82. The fourth-order valence-corrected chi connectivity index (χ4v) is 2.40. The number of nitrogens with two attached hydrogens (primary N) is 1. The Hall–Kier alpha value is -0.370. The van der Waals surface area contributed by atoms with Crippen LogP contribution in [0.25, 0.3) is 0 Å². The molecule has 0 spiro atoms. The monoisotopic (exact) mass is 197 g/mol. The first kappa shape index (κ1) is 11.7. The topological polar surface area (TPSA) is 43.1 Å². The van der Waals surface area contributed by atoms with Crippen molar-refractivity contribution in [3.05, 3.63) is 0 Å². The lowest BCUT2D eigenvalue weighted by Crippen LogP contribution is -2.33. The van der Waals surface area contributed by atoms with Crippen LogP contribution < -0.4 is 5.73 Å². The lowest BCUT2D eigenvalue weighted by molar-refractivity contribution is -0.132. The van der Waals surface area contributed by atoms with Crippen LogP contribution in [0.15, 0.2) is 0 Å². The molecule has 0 bridgehead atoms. The van der Waals surface area contributed by atoms with Gasteiger partial charge in [0.25, 0.3) is 0 Å². The summed E-state index contributed by atoms with van der Waals surface area (Å²) in [6.45, 7) is 4.69. The number of hydrogen-bond acceptors (Lipinski definition) is 2. The molecule has 0 aromatic carbocycles. The van der Waals surface area contributed by atoms with Crippen molar-refractivity contribution in [3.8, 4) is 0 Å². The van der Waals surface area contributed by atoms with Crippen molar-refractivity contribution >= 4 is 5.78 Å². The van der Waals surface area contributed by atoms with E-state index in [1.54, 1.807) is 0 Å². The van der Waals surface area contributed by atoms with Crippen LogP contribution in [0.3, 0.4) is 0 Å². The SMILES string of the molecule is CC(C)(CCN)C(=O)C1CCCCC1. The van der Waals surface area contributed by atoms with Crippen LogP contribution in [0.4, 0.5) is 0 Å². The van der Waals surface area contributed by atoms with Crippen LogP contribution in [0.5, 0.6) is 0 Å². The van der Waals surface area contributed by atoms with E-state index in [9.17, 15) is 4.79 Å². The first-order chi connectivity index (χ1) is 6.58. The second kappa shape index (κ2) is 4.92. The van der Waals surface area contributed by atoms with E-state index in [1.165, 1.54) is 19.3 Å². The molecule has 2 nitrogen and oxygen atoms in total. The number of ketones is 1. The van der Waals surface area contributed by atoms with Gasteiger partial charge in [0.15, 0.2) is 0 Å². The van der Waals surface area contributed by atoms with Crippen LogP contribution in [0.2, 0.25) is 0 Å². The molecule has 1 fully saturated rings. The zero-order valence-electron chi connectivity index (χ0n) is 9.51. The van der Waals surface area contributed by atoms with Gasteiger partial charge in [-0.15, -0.1) is 0 Å². The van der Waals surface area contributed by atoms with E-state index in [0.717, 1.165) is 19.3 Å². The smallest absolute Gasteiger partial charge is 0.141 e. The molecule has 1 saturated carbocycles. The van der Waals surface area contributed by atoms with E-state index in [1.807, 2.05) is 13.8 Å². The molecule has 82 valence electrons. The third-order valence-corrected chi connectivity index (χ3v) is 3.41. The van der Waals surface area contributed by atoms with Gasteiger partial charge >= 0.3 is 0 Å². The van der Waals surface area contributed by atoms with Crippen molar-refractivity contribution in [1.82, 2.24) is 0 Å². The number of Topliss-reactive ketones (excluding diaryl/α,β-unsaturated/α-hetero) is 1. The molecule has 0 amide bonds. The Morgan fingerprint density at radius 3 is 2.36 bits per heavy atom. The molecule has 2 N–H and O–H groups in total. The minimum Gasteiger partial charge on any atom is -0.330 e. The summed E-state index contributed by atoms with van der Waals surface area (Å²) in [6.07, 6.45) is 6.80. The van der Waals surface area contributed by atoms with Gasteiger partial charge in [0.1, 0.15) is 5.78 Å². The van der Waals surface area contributed by atoms with E-state index >= 15 is 0 Å². The summed E-state index contributed by atoms with van der Waals surface area (Å²) in [6, 6.07) is 0. The third-order valence-electron chi connectivity index (χ3n) is 3.41. The molecule has 1 aliphatic carbocycles. The van der Waals surface area contributed by atoms with Gasteiger partial charge in [-0.2, -0.15) is 0 Å². The Balaban J connectivity index is 2.53. The van der Waals surface area contributed by atoms with E-state index in [-0.39, 0.29) is 5.41 Å². The molecule has 2 heteroatoms. The quantitative estimate of drug-likeness (QED) is 0.752. The number of rotatable bonds is 4. The Morgan fingerprint density at radius 1 is 1.29 bits per heavy atom. The highest BCUT2D eigenvalue weighted by molar-refractivity contribution is 5.86. The highest BCUT2D eigenvalue weighted by atomic mass is 16.1. The van der Waals surface area contributed by atoms with Crippen LogP contribution in [0.1, 0.15) is 52.4 Å². The van der Waals surface area contributed by atoms with Gasteiger partial charge in [-0.05, 0) is 25.8 Å². The Bertz CT molecular complexity index is 192. The Morgan fingerprint density at radius 2 is 1.86 bits per heavy atom. The van der Waals surface area contributed by atoms with Crippen LogP contribution >= 0.6 is 0 Å². The molecule has 0 heterocycles. The van der Waals surface area contributed by atoms with Gasteiger partial charge in [0, 0.05) is 11.3 Å². The maximum atomic E-state index is 12.2. The van der Waals surface area contributed by atoms with E-state index in [2.05, 4.69) is 0 Å². The molecular weight excluding hydrogens is 174 g/mol. The van der Waals surface area contributed by atoms with Crippen molar-refractivity contribution in [2.45, 2.75) is 52.4 Å². The summed E-state index contributed by atoms with van der Waals surface area (Å²) >= 11 is 0. The molecule has 0 saturated heterocycles. The molecule has 14 heavy (non-hydrogen) atoms. The molecule has 1 rings (SSSR count). The lowest BCUT2D eigenvalue weighted by Gasteiger charge is -2.30. The van der Waals surface area contributed by atoms with Crippen LogP contribution in [-0.2, 0) is 4.79 Å². The average molecular weight is 197 g/mol. The maximum Gasteiger partial charge on any atom is 0.141 e. The van der Waals surface area contributed by atoms with Crippen LogP contribution in [0, 0.1) is 11.3 Å². The standard InChI is InChI=1S/C12H23NO/c1-12(2,8-9-13)11(14)10-6-4-3-5-7-10/h10H,3-9,13H2,1-2H3. The minimum atomic E-state index is -0.198. The highest BCUT2D eigenvalue weighted by Crippen LogP contribution is 2.32. The fraction of sp³-hybridized carbons (Fsp3) is 0.917. The second-order valence-corrected chi connectivity index (χ2v) is 5.12. The van der Waals surface area contributed by atoms with Crippen molar-refractivity contribution in [1.29, 1.82) is 0 Å². The summed E-state index contributed by atoms with van der Waals surface area (Å²) in [7, 11) is 0. The van der Waals surface area contributed by atoms with Gasteiger partial charge in [-0.25, -0.2) is 0 Å². The number of hydrogen-bond donors (Lipinski definition) is 1. The maximum absolute atomic E-state index is 12.2. The molecule has 0 aliphatic heterocycles. The Labute approximate surface area is 87.2 Å². The van der Waals surface area contributed by atoms with Gasteiger partial charge in [-0.1, -0.05) is 33.1 Å². The number of carbonyl (C=O) groups excluding carboxylic acids is 1. The molecule has 0 atom stereocenters. The first-order valence-corrected chi connectivity index (χ1v) is 5.82. The summed E-state index contributed by atoms with van der Waals surface area (Å²) in [4.78, 5) is 12.2. The highest BCUT2D eigenvalue weighted by Gasteiger charge is 2.33. The summed E-state index contributed by atoms with van der Waals surface area (Å²) in [5, 5.41) is 0. The van der Waals surface area contributed by atoms with Crippen LogP contribution in [-0.4, -0.2) is 12.3 Å². The lowest BCUT2D eigenvalue weighted by atomic mass is 9.74. The number of carbonyl (C=O) groups is 1. The van der Waals surface area contributed by atoms with Crippen molar-refractivity contribution in [2.75, 3.05) is 6.54 Å². The Kier molecular flexibility index (Phi) is 4.11. The van der Waals surface area contributed by atoms with Gasteiger partial charge in [0.05, 0.1) is 0 Å². The predicted octanol–water partition coefficient (Wildman–Crippen LogP) is 2.51. The summed E-state index contributed by atoms with van der Waals surface area (Å²) < 4.78 is 0. The average Bonchev–Trinajstić information content (AvgIpc) is 2.18. The zero-order valence-corrected chi connectivity index (χ0v) is 9.51. The normalized spacial score (nSPS) is 19.6. The zero-order chi connectivity index (χ0) is 10.6. The molecular formula is C12H23NO. The fourth-order valence-electron chi connectivity index (χ4n) is 2.40. The minimum absolute atomic E-state index is 0.198. The predicted molar refractivity (Wildman–Crippen MR) is 59.0 cm³/mol. The van der Waals surface area contributed by atoms with Crippen molar-refractivity contribution in [3.63, 3.8) is 0 Å². The van der Waals surface area contributed by atoms with Crippen molar-refractivity contribution in [2.24, 2.45) is 17.1 Å². The van der Waals surface area contributed by atoms with E-state index in [0.29, 0.717) is 18.2 Å². The summed E-state index contributed by atoms with van der Waals surface area (Å²) in [5.74, 6) is 0.771. The summed E-state index contributed by atoms with van der Waals surface area (Å²) in [5.41, 5.74) is 5.33. The van der Waals surface area contributed by atoms with Gasteiger partial charge < -0.3 is 5.73 Å². The van der Waals surface area contributed by atoms with Gasteiger partial charge in [-0.3, -0.25) is 4.79 Å². The third kappa shape index (κ3) is 2.81. The molecule has 0 aromatic rings.